The van der Waals surface area contributed by atoms with Crippen LogP contribution in [0.25, 0.3) is 10.9 Å². The van der Waals surface area contributed by atoms with E-state index in [0.29, 0.717) is 36.0 Å². The first-order valence-electron chi connectivity index (χ1n) is 7.76. The van der Waals surface area contributed by atoms with Crippen molar-refractivity contribution in [3.63, 3.8) is 0 Å². The summed E-state index contributed by atoms with van der Waals surface area (Å²) in [6, 6.07) is 8.51. The molecule has 0 bridgehead atoms. The Morgan fingerprint density at radius 3 is 2.88 bits per heavy atom. The first kappa shape index (κ1) is 16.2. The number of aliphatic carboxylic acids is 1. The van der Waals surface area contributed by atoms with Crippen molar-refractivity contribution in [3.05, 3.63) is 46.2 Å². The molecular formula is C17H19N3O4. The van der Waals surface area contributed by atoms with Crippen LogP contribution in [0, 0.1) is 0 Å². The molecule has 0 spiro atoms. The van der Waals surface area contributed by atoms with Gasteiger partial charge in [0.25, 0.3) is 5.91 Å². The van der Waals surface area contributed by atoms with Crippen LogP contribution >= 0.6 is 0 Å². The molecule has 1 aromatic heterocycles. The van der Waals surface area contributed by atoms with Gasteiger partial charge >= 0.3 is 5.97 Å². The Labute approximate surface area is 138 Å². The molecule has 1 aromatic carbocycles. The highest BCUT2D eigenvalue weighted by atomic mass is 16.4. The molecule has 2 heterocycles. The number of carboxylic acids is 1. The number of pyridine rings is 1. The third-order valence-corrected chi connectivity index (χ3v) is 4.41. The fourth-order valence-electron chi connectivity index (χ4n) is 3.12. The minimum atomic E-state index is -0.929. The highest BCUT2D eigenvalue weighted by molar-refractivity contribution is 6.06. The van der Waals surface area contributed by atoms with Crippen LogP contribution < -0.4 is 10.9 Å². The van der Waals surface area contributed by atoms with E-state index in [1.54, 1.807) is 23.1 Å². The van der Waals surface area contributed by atoms with Gasteiger partial charge in [-0.05, 0) is 19.4 Å². The van der Waals surface area contributed by atoms with Gasteiger partial charge in [0.15, 0.2) is 0 Å². The van der Waals surface area contributed by atoms with Gasteiger partial charge in [-0.1, -0.05) is 18.2 Å². The SMILES string of the molecule is CC1(NCC(=O)O)CCN(C(=O)c2cc(=O)[nH]c3ccccc23)C1. The highest BCUT2D eigenvalue weighted by Crippen LogP contribution is 2.24. The number of fused-ring (bicyclic) bond motifs is 1. The summed E-state index contributed by atoms with van der Waals surface area (Å²) in [4.78, 5) is 39.8. The zero-order valence-corrected chi connectivity index (χ0v) is 13.3. The molecule has 2 aromatic rings. The fourth-order valence-corrected chi connectivity index (χ4v) is 3.12. The number of H-pyrrole nitrogens is 1. The number of benzene rings is 1. The molecule has 1 amide bonds. The molecule has 0 aliphatic carbocycles. The van der Waals surface area contributed by atoms with Gasteiger partial charge in [-0.15, -0.1) is 0 Å². The Kier molecular flexibility index (Phi) is 4.11. The molecular weight excluding hydrogens is 310 g/mol. The molecule has 1 aliphatic heterocycles. The van der Waals surface area contributed by atoms with E-state index in [1.165, 1.54) is 6.07 Å². The van der Waals surface area contributed by atoms with E-state index in [4.69, 9.17) is 5.11 Å². The van der Waals surface area contributed by atoms with Gasteiger partial charge in [0.2, 0.25) is 5.56 Å². The van der Waals surface area contributed by atoms with Crippen LogP contribution in [0.5, 0.6) is 0 Å². The number of para-hydroxylation sites is 1. The summed E-state index contributed by atoms with van der Waals surface area (Å²) in [5, 5.41) is 12.5. The maximum absolute atomic E-state index is 12.9. The van der Waals surface area contributed by atoms with Crippen LogP contribution in [0.3, 0.4) is 0 Å². The number of hydrogen-bond acceptors (Lipinski definition) is 4. The summed E-state index contributed by atoms with van der Waals surface area (Å²) in [7, 11) is 0. The summed E-state index contributed by atoms with van der Waals surface area (Å²) >= 11 is 0. The van der Waals surface area contributed by atoms with E-state index in [2.05, 4.69) is 10.3 Å². The van der Waals surface area contributed by atoms with Crippen molar-refractivity contribution < 1.29 is 14.7 Å². The molecule has 1 fully saturated rings. The number of nitrogens with one attached hydrogen (secondary N) is 2. The average molecular weight is 329 g/mol. The molecule has 1 aliphatic rings. The predicted molar refractivity (Wildman–Crippen MR) is 89.1 cm³/mol. The van der Waals surface area contributed by atoms with Crippen LogP contribution in [-0.4, -0.2) is 52.0 Å². The second-order valence-corrected chi connectivity index (χ2v) is 6.38. The van der Waals surface area contributed by atoms with Crippen LogP contribution in [0.2, 0.25) is 0 Å². The fraction of sp³-hybridized carbons (Fsp3) is 0.353. The minimum absolute atomic E-state index is 0.146. The zero-order chi connectivity index (χ0) is 17.3. The Morgan fingerprint density at radius 1 is 1.38 bits per heavy atom. The van der Waals surface area contributed by atoms with E-state index in [0.717, 1.165) is 0 Å². The summed E-state index contributed by atoms with van der Waals surface area (Å²) in [6.45, 7) is 2.68. The monoisotopic (exact) mass is 329 g/mol. The number of aromatic nitrogens is 1. The van der Waals surface area contributed by atoms with E-state index < -0.39 is 11.5 Å². The number of carboxylic acid groups (broad SMARTS) is 1. The number of aromatic amines is 1. The molecule has 7 nitrogen and oxygen atoms in total. The van der Waals surface area contributed by atoms with Crippen molar-refractivity contribution in [2.24, 2.45) is 0 Å². The minimum Gasteiger partial charge on any atom is -0.480 e. The number of hydrogen-bond donors (Lipinski definition) is 3. The zero-order valence-electron chi connectivity index (χ0n) is 13.3. The van der Waals surface area contributed by atoms with Crippen LogP contribution in [0.15, 0.2) is 35.1 Å². The Balaban J connectivity index is 1.86. The van der Waals surface area contributed by atoms with Gasteiger partial charge < -0.3 is 15.0 Å². The second kappa shape index (κ2) is 6.09. The van der Waals surface area contributed by atoms with Gasteiger partial charge in [0.05, 0.1) is 12.1 Å². The maximum Gasteiger partial charge on any atom is 0.317 e. The number of amides is 1. The number of carbonyl (C=O) groups excluding carboxylic acids is 1. The third kappa shape index (κ3) is 3.16. The molecule has 126 valence electrons. The lowest BCUT2D eigenvalue weighted by atomic mass is 10.0. The van der Waals surface area contributed by atoms with Gasteiger partial charge in [-0.25, -0.2) is 0 Å². The van der Waals surface area contributed by atoms with E-state index in [-0.39, 0.29) is 18.0 Å². The lowest BCUT2D eigenvalue weighted by Gasteiger charge is -2.25. The van der Waals surface area contributed by atoms with E-state index in [1.807, 2.05) is 13.0 Å². The molecule has 0 radical (unpaired) electrons. The first-order valence-corrected chi connectivity index (χ1v) is 7.76. The Hall–Kier alpha value is -2.67. The van der Waals surface area contributed by atoms with Crippen molar-refractivity contribution in [2.75, 3.05) is 19.6 Å². The van der Waals surface area contributed by atoms with Crippen molar-refractivity contribution in [1.29, 1.82) is 0 Å². The van der Waals surface area contributed by atoms with Crippen molar-refractivity contribution in [2.45, 2.75) is 18.9 Å². The van der Waals surface area contributed by atoms with Crippen LogP contribution in [0.1, 0.15) is 23.7 Å². The normalized spacial score (nSPS) is 20.5. The molecule has 24 heavy (non-hydrogen) atoms. The first-order chi connectivity index (χ1) is 11.4. The van der Waals surface area contributed by atoms with Crippen LogP contribution in [-0.2, 0) is 4.79 Å². The molecule has 1 saturated heterocycles. The van der Waals surface area contributed by atoms with Gasteiger partial charge in [-0.2, -0.15) is 0 Å². The third-order valence-electron chi connectivity index (χ3n) is 4.41. The summed E-state index contributed by atoms with van der Waals surface area (Å²) in [5.74, 6) is -1.14. The van der Waals surface area contributed by atoms with Crippen molar-refractivity contribution in [3.8, 4) is 0 Å². The topological polar surface area (TPSA) is 102 Å². The highest BCUT2D eigenvalue weighted by Gasteiger charge is 2.36. The molecule has 0 saturated carbocycles. The lowest BCUT2D eigenvalue weighted by Crippen LogP contribution is -2.47. The largest absolute Gasteiger partial charge is 0.480 e. The van der Waals surface area contributed by atoms with E-state index in [9.17, 15) is 14.4 Å². The number of rotatable bonds is 4. The smallest absolute Gasteiger partial charge is 0.317 e. The summed E-state index contributed by atoms with van der Waals surface area (Å²) < 4.78 is 0. The predicted octanol–water partition coefficient (Wildman–Crippen LogP) is 0.807. The maximum atomic E-state index is 12.9. The lowest BCUT2D eigenvalue weighted by molar-refractivity contribution is -0.136. The number of likely N-dealkylation sites (tertiary alicyclic amines) is 1. The second-order valence-electron chi connectivity index (χ2n) is 6.38. The van der Waals surface area contributed by atoms with E-state index >= 15 is 0 Å². The summed E-state index contributed by atoms with van der Waals surface area (Å²) in [5.41, 5.74) is 0.240. The standard InChI is InChI=1S/C17H19N3O4/c1-17(18-9-15(22)23)6-7-20(10-17)16(24)12-8-14(21)19-13-5-3-2-4-11(12)13/h2-5,8,18H,6-7,9-10H2,1H3,(H,19,21)(H,22,23). The van der Waals surface area contributed by atoms with Crippen molar-refractivity contribution >= 4 is 22.8 Å². The van der Waals surface area contributed by atoms with Gasteiger partial charge in [0.1, 0.15) is 0 Å². The Bertz CT molecular complexity index is 860. The summed E-state index contributed by atoms with van der Waals surface area (Å²) in [6.07, 6.45) is 0.660. The average Bonchev–Trinajstić information content (AvgIpc) is 2.94. The van der Waals surface area contributed by atoms with Crippen LogP contribution in [0.4, 0.5) is 0 Å². The molecule has 3 N–H and O–H groups in total. The quantitative estimate of drug-likeness (QED) is 0.770. The van der Waals surface area contributed by atoms with Crippen molar-refractivity contribution in [1.82, 2.24) is 15.2 Å². The molecule has 1 atom stereocenters. The molecule has 1 unspecified atom stereocenters. The molecule has 7 heteroatoms. The Morgan fingerprint density at radius 2 is 2.12 bits per heavy atom. The van der Waals surface area contributed by atoms with Gasteiger partial charge in [-0.3, -0.25) is 19.7 Å². The number of carbonyl (C=O) groups is 2. The molecule has 3 rings (SSSR count). The van der Waals surface area contributed by atoms with Gasteiger partial charge in [0, 0.05) is 35.6 Å². The number of nitrogens with zero attached hydrogens (tertiary/aromatic N) is 1.